The number of amides is 1. The van der Waals surface area contributed by atoms with Gasteiger partial charge in [0.05, 0.1) is 12.2 Å². The van der Waals surface area contributed by atoms with E-state index in [0.717, 1.165) is 4.68 Å². The maximum Gasteiger partial charge on any atom is 0.359 e. The first-order valence-electron chi connectivity index (χ1n) is 9.46. The molecule has 1 unspecified atom stereocenters. The predicted molar refractivity (Wildman–Crippen MR) is 110 cm³/mol. The second-order valence-corrected chi connectivity index (χ2v) is 6.46. The molecule has 0 radical (unpaired) electrons. The molecule has 1 N–H and O–H groups in total. The van der Waals surface area contributed by atoms with Gasteiger partial charge in [0.15, 0.2) is 11.8 Å². The minimum absolute atomic E-state index is 0.0273. The van der Waals surface area contributed by atoms with Gasteiger partial charge in [-0.1, -0.05) is 30.3 Å². The predicted octanol–water partition coefficient (Wildman–Crippen LogP) is 2.65. The van der Waals surface area contributed by atoms with Crippen LogP contribution < -0.4 is 15.6 Å². The van der Waals surface area contributed by atoms with E-state index < -0.39 is 29.4 Å². The molecule has 0 aliphatic rings. The molecule has 8 nitrogen and oxygen atoms in total. The van der Waals surface area contributed by atoms with E-state index in [1.165, 1.54) is 37.3 Å². The molecule has 0 aliphatic heterocycles. The molecule has 2 aromatic carbocycles. The number of halogens is 1. The summed E-state index contributed by atoms with van der Waals surface area (Å²) < 4.78 is 25.4. The molecular weight excluding hydrogens is 405 g/mol. The van der Waals surface area contributed by atoms with Crippen molar-refractivity contribution in [1.82, 2.24) is 9.78 Å². The zero-order valence-corrected chi connectivity index (χ0v) is 16.7. The van der Waals surface area contributed by atoms with Crippen molar-refractivity contribution in [2.45, 2.75) is 19.6 Å². The fraction of sp³-hybridized carbons (Fsp3) is 0.182. The number of aromatic nitrogens is 2. The van der Waals surface area contributed by atoms with Crippen LogP contribution in [0.15, 0.2) is 71.5 Å². The third-order valence-electron chi connectivity index (χ3n) is 4.18. The van der Waals surface area contributed by atoms with Gasteiger partial charge >= 0.3 is 5.97 Å². The zero-order valence-electron chi connectivity index (χ0n) is 16.7. The number of carbonyl (C=O) groups is 2. The number of carbonyl (C=O) groups excluding carboxylic acids is 2. The monoisotopic (exact) mass is 425 g/mol. The molecule has 3 aromatic rings. The van der Waals surface area contributed by atoms with Crippen molar-refractivity contribution in [2.75, 3.05) is 11.9 Å². The average molecular weight is 425 g/mol. The van der Waals surface area contributed by atoms with Crippen LogP contribution in [0.25, 0.3) is 0 Å². The number of nitrogens with one attached hydrogen (secondary N) is 1. The van der Waals surface area contributed by atoms with Gasteiger partial charge in [0.25, 0.3) is 11.5 Å². The highest BCUT2D eigenvalue weighted by Gasteiger charge is 2.21. The molecule has 0 spiro atoms. The topological polar surface area (TPSA) is 99.5 Å². The molecule has 1 atom stereocenters. The number of rotatable bonds is 8. The lowest BCUT2D eigenvalue weighted by molar-refractivity contribution is -0.123. The largest absolute Gasteiger partial charge is 0.492 e. The Labute approximate surface area is 177 Å². The molecular formula is C22H20FN3O5. The molecule has 1 amide bonds. The summed E-state index contributed by atoms with van der Waals surface area (Å²) in [7, 11) is 0. The highest BCUT2D eigenvalue weighted by atomic mass is 19.1. The second kappa shape index (κ2) is 10.1. The van der Waals surface area contributed by atoms with Crippen LogP contribution in [0.3, 0.4) is 0 Å². The summed E-state index contributed by atoms with van der Waals surface area (Å²) in [4.78, 5) is 36.5. The van der Waals surface area contributed by atoms with Gasteiger partial charge in [0.1, 0.15) is 18.2 Å². The van der Waals surface area contributed by atoms with E-state index in [1.807, 2.05) is 18.2 Å². The number of esters is 1. The molecule has 1 aromatic heterocycles. The van der Waals surface area contributed by atoms with Gasteiger partial charge in [-0.2, -0.15) is 5.10 Å². The quantitative estimate of drug-likeness (QED) is 0.557. The van der Waals surface area contributed by atoms with Gasteiger partial charge in [-0.3, -0.25) is 9.59 Å². The van der Waals surface area contributed by atoms with E-state index in [-0.39, 0.29) is 24.5 Å². The molecule has 3 rings (SSSR count). The van der Waals surface area contributed by atoms with Gasteiger partial charge in [-0.15, -0.1) is 0 Å². The third kappa shape index (κ3) is 5.99. The Morgan fingerprint density at radius 3 is 2.52 bits per heavy atom. The van der Waals surface area contributed by atoms with E-state index in [0.29, 0.717) is 5.75 Å². The lowest BCUT2D eigenvalue weighted by Gasteiger charge is -2.14. The lowest BCUT2D eigenvalue weighted by atomic mass is 10.3. The number of benzene rings is 2. The number of nitrogens with zero attached hydrogens (tertiary/aromatic N) is 2. The van der Waals surface area contributed by atoms with Gasteiger partial charge < -0.3 is 14.8 Å². The summed E-state index contributed by atoms with van der Waals surface area (Å²) in [6, 6.07) is 17.1. The Morgan fingerprint density at radius 1 is 1.06 bits per heavy atom. The standard InChI is InChI=1S/C22H20FN3O5/c1-15(21(28)24-18-10-6-5-9-17(18)23)31-22(29)19-11-12-20(27)26(25-19)13-14-30-16-7-3-2-4-8-16/h2-12,15H,13-14H2,1H3,(H,24,28). The first-order valence-corrected chi connectivity index (χ1v) is 9.46. The minimum atomic E-state index is -1.21. The van der Waals surface area contributed by atoms with E-state index in [9.17, 15) is 18.8 Å². The van der Waals surface area contributed by atoms with Crippen molar-refractivity contribution in [3.05, 3.63) is 88.6 Å². The molecule has 1 heterocycles. The van der Waals surface area contributed by atoms with Crippen LogP contribution in [0.1, 0.15) is 17.4 Å². The van der Waals surface area contributed by atoms with Crippen LogP contribution in [-0.4, -0.2) is 34.4 Å². The van der Waals surface area contributed by atoms with Crippen molar-refractivity contribution >= 4 is 17.6 Å². The molecule has 0 saturated heterocycles. The highest BCUT2D eigenvalue weighted by Crippen LogP contribution is 2.13. The molecule has 0 saturated carbocycles. The van der Waals surface area contributed by atoms with Crippen LogP contribution in [0, 0.1) is 5.82 Å². The van der Waals surface area contributed by atoms with E-state index >= 15 is 0 Å². The van der Waals surface area contributed by atoms with Gasteiger partial charge in [0.2, 0.25) is 0 Å². The van der Waals surface area contributed by atoms with Crippen LogP contribution in [0.5, 0.6) is 5.75 Å². The van der Waals surface area contributed by atoms with E-state index in [4.69, 9.17) is 9.47 Å². The van der Waals surface area contributed by atoms with Crippen LogP contribution >= 0.6 is 0 Å². The summed E-state index contributed by atoms with van der Waals surface area (Å²) in [5.74, 6) is -1.57. The number of para-hydroxylation sites is 2. The van der Waals surface area contributed by atoms with Gasteiger partial charge in [-0.25, -0.2) is 13.9 Å². The van der Waals surface area contributed by atoms with Crippen molar-refractivity contribution in [3.63, 3.8) is 0 Å². The Balaban J connectivity index is 1.59. The molecule has 0 aliphatic carbocycles. The highest BCUT2D eigenvalue weighted by molar-refractivity contribution is 5.96. The van der Waals surface area contributed by atoms with Crippen molar-refractivity contribution in [2.24, 2.45) is 0 Å². The number of hydrogen-bond donors (Lipinski definition) is 1. The number of anilines is 1. The summed E-state index contributed by atoms with van der Waals surface area (Å²) >= 11 is 0. The van der Waals surface area contributed by atoms with Crippen molar-refractivity contribution < 1.29 is 23.5 Å². The average Bonchev–Trinajstić information content (AvgIpc) is 2.77. The van der Waals surface area contributed by atoms with E-state index in [2.05, 4.69) is 10.4 Å². The molecule has 160 valence electrons. The third-order valence-corrected chi connectivity index (χ3v) is 4.18. The number of ether oxygens (including phenoxy) is 2. The normalized spacial score (nSPS) is 11.4. The lowest BCUT2D eigenvalue weighted by Crippen LogP contribution is -2.32. The number of hydrogen-bond acceptors (Lipinski definition) is 6. The Bertz CT molecular complexity index is 1120. The Hall–Kier alpha value is -4.01. The summed E-state index contributed by atoms with van der Waals surface area (Å²) in [6.07, 6.45) is -1.21. The smallest absolute Gasteiger partial charge is 0.359 e. The first-order chi connectivity index (χ1) is 14.9. The Morgan fingerprint density at radius 2 is 1.77 bits per heavy atom. The van der Waals surface area contributed by atoms with Gasteiger partial charge in [0, 0.05) is 6.07 Å². The SMILES string of the molecule is CC(OC(=O)c1ccc(=O)n(CCOc2ccccc2)n1)C(=O)Nc1ccccc1F. The van der Waals surface area contributed by atoms with Crippen molar-refractivity contribution in [3.8, 4) is 5.75 Å². The maximum atomic E-state index is 13.7. The van der Waals surface area contributed by atoms with Gasteiger partial charge in [-0.05, 0) is 37.3 Å². The molecule has 9 heteroatoms. The van der Waals surface area contributed by atoms with E-state index in [1.54, 1.807) is 18.2 Å². The zero-order chi connectivity index (χ0) is 22.2. The summed E-state index contributed by atoms with van der Waals surface area (Å²) in [5.41, 5.74) is -0.594. The fourth-order valence-corrected chi connectivity index (χ4v) is 2.56. The second-order valence-electron chi connectivity index (χ2n) is 6.46. The molecule has 0 fully saturated rings. The van der Waals surface area contributed by atoms with Crippen molar-refractivity contribution in [1.29, 1.82) is 0 Å². The summed E-state index contributed by atoms with van der Waals surface area (Å²) in [5, 5.41) is 6.32. The maximum absolute atomic E-state index is 13.7. The first kappa shape index (κ1) is 21.7. The molecule has 0 bridgehead atoms. The minimum Gasteiger partial charge on any atom is -0.492 e. The fourth-order valence-electron chi connectivity index (χ4n) is 2.56. The summed E-state index contributed by atoms with van der Waals surface area (Å²) in [6.45, 7) is 1.62. The molecule has 31 heavy (non-hydrogen) atoms. The van der Waals surface area contributed by atoms with Crippen LogP contribution in [0.4, 0.5) is 10.1 Å². The van der Waals surface area contributed by atoms with Crippen LogP contribution in [-0.2, 0) is 16.1 Å². The van der Waals surface area contributed by atoms with Crippen LogP contribution in [0.2, 0.25) is 0 Å². The Kier molecular flexibility index (Phi) is 7.10.